The molecule has 4 nitrogen and oxygen atoms in total. The van der Waals surface area contributed by atoms with Crippen molar-refractivity contribution in [3.05, 3.63) is 29.8 Å². The molecule has 23 heavy (non-hydrogen) atoms. The van der Waals surface area contributed by atoms with Crippen molar-refractivity contribution in [3.8, 4) is 5.75 Å². The SMILES string of the molecule is CN(Cc1cccc(OC(F)F)c1)C(=O)C1CC12CCOCC2. The molecule has 1 aliphatic carbocycles. The van der Waals surface area contributed by atoms with Crippen LogP contribution in [-0.2, 0) is 16.1 Å². The maximum absolute atomic E-state index is 12.6. The van der Waals surface area contributed by atoms with E-state index in [0.29, 0.717) is 6.54 Å². The fourth-order valence-corrected chi connectivity index (χ4v) is 3.47. The number of ether oxygens (including phenoxy) is 2. The Hall–Kier alpha value is -1.69. The first-order chi connectivity index (χ1) is 11.0. The summed E-state index contributed by atoms with van der Waals surface area (Å²) in [5.41, 5.74) is 0.921. The van der Waals surface area contributed by atoms with Crippen LogP contribution in [0.1, 0.15) is 24.8 Å². The Morgan fingerprint density at radius 3 is 2.87 bits per heavy atom. The fourth-order valence-electron chi connectivity index (χ4n) is 3.47. The summed E-state index contributed by atoms with van der Waals surface area (Å²) in [6.45, 7) is -0.979. The van der Waals surface area contributed by atoms with Crippen molar-refractivity contribution in [2.45, 2.75) is 32.4 Å². The topological polar surface area (TPSA) is 38.8 Å². The van der Waals surface area contributed by atoms with Crippen LogP contribution in [0, 0.1) is 11.3 Å². The Kier molecular flexibility index (Phi) is 4.53. The Morgan fingerprint density at radius 1 is 1.43 bits per heavy atom. The van der Waals surface area contributed by atoms with E-state index in [1.54, 1.807) is 30.1 Å². The minimum Gasteiger partial charge on any atom is -0.435 e. The van der Waals surface area contributed by atoms with Crippen molar-refractivity contribution >= 4 is 5.91 Å². The number of carbonyl (C=O) groups is 1. The summed E-state index contributed by atoms with van der Waals surface area (Å²) < 4.78 is 34.3. The molecule has 1 heterocycles. The first-order valence-corrected chi connectivity index (χ1v) is 7.87. The van der Waals surface area contributed by atoms with E-state index in [1.807, 2.05) is 0 Å². The van der Waals surface area contributed by atoms with Crippen LogP contribution in [0.15, 0.2) is 24.3 Å². The molecule has 126 valence electrons. The summed E-state index contributed by atoms with van der Waals surface area (Å²) in [6.07, 6.45) is 2.85. The average Bonchev–Trinajstić information content (AvgIpc) is 3.20. The van der Waals surface area contributed by atoms with Gasteiger partial charge in [0, 0.05) is 32.7 Å². The van der Waals surface area contributed by atoms with E-state index in [2.05, 4.69) is 4.74 Å². The number of carbonyl (C=O) groups excluding carboxylic acids is 1. The molecule has 1 aromatic rings. The molecule has 1 saturated heterocycles. The van der Waals surface area contributed by atoms with Crippen molar-refractivity contribution in [1.29, 1.82) is 0 Å². The third kappa shape index (κ3) is 3.63. The van der Waals surface area contributed by atoms with E-state index >= 15 is 0 Å². The van der Waals surface area contributed by atoms with Gasteiger partial charge in [-0.05, 0) is 42.4 Å². The van der Waals surface area contributed by atoms with Crippen LogP contribution < -0.4 is 4.74 Å². The molecule has 3 rings (SSSR count). The number of hydrogen-bond donors (Lipinski definition) is 0. The van der Waals surface area contributed by atoms with Crippen LogP contribution in [0.3, 0.4) is 0 Å². The monoisotopic (exact) mass is 325 g/mol. The molecule has 0 N–H and O–H groups in total. The lowest BCUT2D eigenvalue weighted by molar-refractivity contribution is -0.133. The first kappa shape index (κ1) is 16.2. The summed E-state index contributed by atoms with van der Waals surface area (Å²) in [7, 11) is 1.76. The molecular weight excluding hydrogens is 304 g/mol. The van der Waals surface area contributed by atoms with Crippen LogP contribution in [0.2, 0.25) is 0 Å². The maximum Gasteiger partial charge on any atom is 0.387 e. The van der Waals surface area contributed by atoms with Crippen molar-refractivity contribution < 1.29 is 23.0 Å². The van der Waals surface area contributed by atoms with Gasteiger partial charge in [-0.3, -0.25) is 4.79 Å². The van der Waals surface area contributed by atoms with Crippen LogP contribution in [0.5, 0.6) is 5.75 Å². The van der Waals surface area contributed by atoms with Gasteiger partial charge in [-0.25, -0.2) is 0 Å². The van der Waals surface area contributed by atoms with Gasteiger partial charge in [0.1, 0.15) is 5.75 Å². The highest BCUT2D eigenvalue weighted by Gasteiger charge is 2.58. The lowest BCUT2D eigenvalue weighted by Gasteiger charge is -2.24. The zero-order chi connectivity index (χ0) is 16.4. The lowest BCUT2D eigenvalue weighted by Crippen LogP contribution is -2.31. The van der Waals surface area contributed by atoms with E-state index < -0.39 is 6.61 Å². The third-order valence-corrected chi connectivity index (χ3v) is 4.90. The van der Waals surface area contributed by atoms with Gasteiger partial charge in [-0.2, -0.15) is 8.78 Å². The predicted molar refractivity (Wildman–Crippen MR) is 80.1 cm³/mol. The molecule has 1 atom stereocenters. The van der Waals surface area contributed by atoms with Gasteiger partial charge in [0.2, 0.25) is 5.91 Å². The van der Waals surface area contributed by atoms with E-state index in [1.165, 1.54) is 6.07 Å². The number of nitrogens with zero attached hydrogens (tertiary/aromatic N) is 1. The second-order valence-electron chi connectivity index (χ2n) is 6.45. The van der Waals surface area contributed by atoms with Crippen molar-refractivity contribution in [1.82, 2.24) is 4.90 Å². The number of halogens is 2. The molecule has 1 aliphatic heterocycles. The molecule has 1 spiro atoms. The standard InChI is InChI=1S/C17H21F2NO3/c1-20(11-12-3-2-4-13(9-12)23-16(18)19)15(21)14-10-17(14)5-7-22-8-6-17/h2-4,9,14,16H,5-8,10-11H2,1H3. The minimum atomic E-state index is -2.84. The highest BCUT2D eigenvalue weighted by molar-refractivity contribution is 5.82. The quantitative estimate of drug-likeness (QED) is 0.835. The summed E-state index contributed by atoms with van der Waals surface area (Å²) in [5.74, 6) is 0.328. The van der Waals surface area contributed by atoms with Gasteiger partial charge in [0.05, 0.1) is 0 Å². The minimum absolute atomic E-state index is 0.0805. The van der Waals surface area contributed by atoms with Gasteiger partial charge >= 0.3 is 6.61 Å². The molecule has 0 aromatic heterocycles. The Labute approximate surface area is 134 Å². The van der Waals surface area contributed by atoms with Gasteiger partial charge in [0.15, 0.2) is 0 Å². The highest BCUT2D eigenvalue weighted by atomic mass is 19.3. The largest absolute Gasteiger partial charge is 0.435 e. The number of benzene rings is 1. The number of alkyl halides is 2. The molecule has 0 bridgehead atoms. The van der Waals surface area contributed by atoms with E-state index in [4.69, 9.17) is 4.74 Å². The maximum atomic E-state index is 12.6. The average molecular weight is 325 g/mol. The normalized spacial score (nSPS) is 22.2. The number of rotatable bonds is 5. The zero-order valence-electron chi connectivity index (χ0n) is 13.1. The summed E-state index contributed by atoms with van der Waals surface area (Å²) in [6, 6.07) is 6.49. The first-order valence-electron chi connectivity index (χ1n) is 7.87. The van der Waals surface area contributed by atoms with Crippen molar-refractivity contribution in [3.63, 3.8) is 0 Å². The Morgan fingerprint density at radius 2 is 2.17 bits per heavy atom. The van der Waals surface area contributed by atoms with Gasteiger partial charge in [-0.1, -0.05) is 12.1 Å². The van der Waals surface area contributed by atoms with E-state index in [0.717, 1.165) is 38.0 Å². The van der Waals surface area contributed by atoms with Crippen LogP contribution in [-0.4, -0.2) is 37.7 Å². The summed E-state index contributed by atoms with van der Waals surface area (Å²) in [4.78, 5) is 14.3. The zero-order valence-corrected chi connectivity index (χ0v) is 13.1. The fraction of sp³-hybridized carbons (Fsp3) is 0.588. The van der Waals surface area contributed by atoms with Gasteiger partial charge < -0.3 is 14.4 Å². The smallest absolute Gasteiger partial charge is 0.387 e. The molecular formula is C17H21F2NO3. The molecule has 1 unspecified atom stereocenters. The highest BCUT2D eigenvalue weighted by Crippen LogP contribution is 2.59. The summed E-state index contributed by atoms with van der Waals surface area (Å²) >= 11 is 0. The van der Waals surface area contributed by atoms with Crippen LogP contribution in [0.4, 0.5) is 8.78 Å². The third-order valence-electron chi connectivity index (χ3n) is 4.90. The Balaban J connectivity index is 1.59. The molecule has 6 heteroatoms. The molecule has 1 amide bonds. The van der Waals surface area contributed by atoms with E-state index in [-0.39, 0.29) is 23.0 Å². The molecule has 1 aromatic carbocycles. The van der Waals surface area contributed by atoms with Crippen LogP contribution in [0.25, 0.3) is 0 Å². The molecule has 0 radical (unpaired) electrons. The Bertz CT molecular complexity index is 573. The van der Waals surface area contributed by atoms with E-state index in [9.17, 15) is 13.6 Å². The lowest BCUT2D eigenvalue weighted by atomic mass is 9.93. The molecule has 2 aliphatic rings. The second-order valence-corrected chi connectivity index (χ2v) is 6.45. The molecule has 2 fully saturated rings. The number of hydrogen-bond acceptors (Lipinski definition) is 3. The summed E-state index contributed by atoms with van der Waals surface area (Å²) in [5, 5.41) is 0. The molecule has 1 saturated carbocycles. The van der Waals surface area contributed by atoms with Gasteiger partial charge in [-0.15, -0.1) is 0 Å². The number of amides is 1. The van der Waals surface area contributed by atoms with Crippen molar-refractivity contribution in [2.75, 3.05) is 20.3 Å². The van der Waals surface area contributed by atoms with Crippen LogP contribution >= 0.6 is 0 Å². The van der Waals surface area contributed by atoms with Gasteiger partial charge in [0.25, 0.3) is 0 Å². The van der Waals surface area contributed by atoms with Crippen molar-refractivity contribution in [2.24, 2.45) is 11.3 Å². The second kappa shape index (κ2) is 6.43. The predicted octanol–water partition coefficient (Wildman–Crippen LogP) is 3.06.